The van der Waals surface area contributed by atoms with Gasteiger partial charge in [-0.05, 0) is 69.6 Å². The molecule has 188 valence electrons. The molecule has 0 atom stereocenters. The Balaban J connectivity index is 1.42. The molecule has 0 amide bonds. The Morgan fingerprint density at radius 2 is 1.76 bits per heavy atom. The summed E-state index contributed by atoms with van der Waals surface area (Å²) < 4.78 is 2.02. The Bertz CT molecular complexity index is 1530. The van der Waals surface area contributed by atoms with E-state index < -0.39 is 0 Å². The molecule has 7 heteroatoms. The maximum absolute atomic E-state index is 6.58. The lowest BCUT2D eigenvalue weighted by atomic mass is 9.72. The Labute approximate surface area is 217 Å². The van der Waals surface area contributed by atoms with Gasteiger partial charge in [0.2, 0.25) is 5.95 Å². The lowest BCUT2D eigenvalue weighted by Gasteiger charge is -2.38. The van der Waals surface area contributed by atoms with Gasteiger partial charge in [-0.3, -0.25) is 4.40 Å². The summed E-state index contributed by atoms with van der Waals surface area (Å²) in [5.41, 5.74) is 13.5. The molecule has 3 aromatic heterocycles. The Hall–Kier alpha value is -3.81. The van der Waals surface area contributed by atoms with E-state index in [9.17, 15) is 0 Å². The van der Waals surface area contributed by atoms with Crippen molar-refractivity contribution in [2.24, 2.45) is 5.73 Å². The van der Waals surface area contributed by atoms with Crippen molar-refractivity contribution in [1.29, 1.82) is 0 Å². The summed E-state index contributed by atoms with van der Waals surface area (Å²) in [5.74, 6) is 0.753. The largest absolute Gasteiger partial charge is 0.354 e. The average Bonchev–Trinajstić information content (AvgIpc) is 3.33. The van der Waals surface area contributed by atoms with Crippen molar-refractivity contribution in [3.8, 4) is 22.4 Å². The maximum atomic E-state index is 6.58. The van der Waals surface area contributed by atoms with Gasteiger partial charge < -0.3 is 16.0 Å². The minimum Gasteiger partial charge on any atom is -0.354 e. The number of rotatable bonds is 8. The molecule has 1 fully saturated rings. The highest BCUT2D eigenvalue weighted by molar-refractivity contribution is 5.98. The number of nitrogens with two attached hydrogens (primary N) is 1. The van der Waals surface area contributed by atoms with Gasteiger partial charge in [0, 0.05) is 34.8 Å². The molecule has 0 bridgehead atoms. The van der Waals surface area contributed by atoms with Gasteiger partial charge in [-0.2, -0.15) is 0 Å². The van der Waals surface area contributed by atoms with Crippen LogP contribution in [0.2, 0.25) is 0 Å². The standard InChI is InChI=1S/C30H33N7/c1-36(2)18-7-17-32-29-35-34-28-25-20-24(21-8-4-3-5-9-21)27(33-26(25)14-19-37(28)29)22-10-12-23(13-11-22)30(31)15-6-16-30/h3-5,8-14,19-20H,6-7,15-18,31H2,1-2H3,(H,32,35). The van der Waals surface area contributed by atoms with Crippen molar-refractivity contribution in [2.75, 3.05) is 32.5 Å². The number of anilines is 1. The molecule has 6 rings (SSSR count). The van der Waals surface area contributed by atoms with Gasteiger partial charge in [0.1, 0.15) is 0 Å². The quantitative estimate of drug-likeness (QED) is 0.286. The molecule has 1 saturated carbocycles. The third-order valence-corrected chi connectivity index (χ3v) is 7.50. The van der Waals surface area contributed by atoms with Crippen LogP contribution in [0, 0.1) is 0 Å². The first-order valence-electron chi connectivity index (χ1n) is 13.0. The van der Waals surface area contributed by atoms with Gasteiger partial charge >= 0.3 is 0 Å². The molecule has 2 aromatic carbocycles. The van der Waals surface area contributed by atoms with E-state index >= 15 is 0 Å². The summed E-state index contributed by atoms with van der Waals surface area (Å²) in [5, 5.41) is 13.4. The number of nitrogens with one attached hydrogen (secondary N) is 1. The first kappa shape index (κ1) is 23.6. The Morgan fingerprint density at radius 3 is 2.46 bits per heavy atom. The number of benzene rings is 2. The first-order chi connectivity index (χ1) is 18.0. The maximum Gasteiger partial charge on any atom is 0.229 e. The van der Waals surface area contributed by atoms with E-state index in [1.165, 1.54) is 12.0 Å². The molecular weight excluding hydrogens is 458 g/mol. The summed E-state index contributed by atoms with van der Waals surface area (Å²) in [7, 11) is 4.17. The van der Waals surface area contributed by atoms with E-state index in [4.69, 9.17) is 10.7 Å². The highest BCUT2D eigenvalue weighted by atomic mass is 15.3. The van der Waals surface area contributed by atoms with Crippen LogP contribution in [0.15, 0.2) is 72.9 Å². The zero-order valence-electron chi connectivity index (χ0n) is 21.5. The average molecular weight is 492 g/mol. The van der Waals surface area contributed by atoms with Crippen LogP contribution in [0.4, 0.5) is 5.95 Å². The number of fused-ring (bicyclic) bond motifs is 3. The number of hydrogen-bond donors (Lipinski definition) is 2. The zero-order valence-corrected chi connectivity index (χ0v) is 21.5. The first-order valence-corrected chi connectivity index (χ1v) is 13.0. The zero-order chi connectivity index (χ0) is 25.4. The van der Waals surface area contributed by atoms with Crippen LogP contribution in [0.1, 0.15) is 31.2 Å². The van der Waals surface area contributed by atoms with E-state index in [-0.39, 0.29) is 5.54 Å². The number of hydrogen-bond acceptors (Lipinski definition) is 6. The van der Waals surface area contributed by atoms with Crippen LogP contribution in [0.3, 0.4) is 0 Å². The molecule has 3 heterocycles. The molecule has 0 unspecified atom stereocenters. The summed E-state index contributed by atoms with van der Waals surface area (Å²) >= 11 is 0. The third-order valence-electron chi connectivity index (χ3n) is 7.50. The summed E-state index contributed by atoms with van der Waals surface area (Å²) in [6.07, 6.45) is 6.34. The van der Waals surface area contributed by atoms with Gasteiger partial charge in [0.25, 0.3) is 0 Å². The van der Waals surface area contributed by atoms with Crippen molar-refractivity contribution in [3.63, 3.8) is 0 Å². The second-order valence-corrected chi connectivity index (χ2v) is 10.4. The summed E-state index contributed by atoms with van der Waals surface area (Å²) in [6, 6.07) is 23.3. The van der Waals surface area contributed by atoms with E-state index in [0.717, 1.165) is 77.2 Å². The van der Waals surface area contributed by atoms with Crippen molar-refractivity contribution in [1.82, 2.24) is 24.5 Å². The van der Waals surface area contributed by atoms with Crippen molar-refractivity contribution in [2.45, 2.75) is 31.2 Å². The molecule has 3 N–H and O–H groups in total. The van der Waals surface area contributed by atoms with Crippen LogP contribution in [-0.2, 0) is 5.54 Å². The minimum absolute atomic E-state index is 0.172. The van der Waals surface area contributed by atoms with E-state index in [1.54, 1.807) is 0 Å². The Morgan fingerprint density at radius 1 is 0.973 bits per heavy atom. The van der Waals surface area contributed by atoms with Gasteiger partial charge in [-0.15, -0.1) is 10.2 Å². The van der Waals surface area contributed by atoms with Crippen molar-refractivity contribution < 1.29 is 0 Å². The molecule has 0 radical (unpaired) electrons. The van der Waals surface area contributed by atoms with Crippen LogP contribution < -0.4 is 11.1 Å². The lowest BCUT2D eigenvalue weighted by molar-refractivity contribution is 0.253. The molecule has 0 aliphatic heterocycles. The van der Waals surface area contributed by atoms with Crippen LogP contribution in [-0.4, -0.2) is 51.7 Å². The van der Waals surface area contributed by atoms with Crippen molar-refractivity contribution >= 4 is 22.5 Å². The number of aromatic nitrogens is 4. The monoisotopic (exact) mass is 491 g/mol. The fraction of sp³-hybridized carbons (Fsp3) is 0.300. The van der Waals surface area contributed by atoms with E-state index in [2.05, 4.69) is 89.1 Å². The second kappa shape index (κ2) is 9.57. The van der Waals surface area contributed by atoms with Crippen molar-refractivity contribution in [3.05, 3.63) is 78.5 Å². The summed E-state index contributed by atoms with van der Waals surface area (Å²) in [4.78, 5) is 7.34. The molecular formula is C30H33N7. The highest BCUT2D eigenvalue weighted by Gasteiger charge is 2.34. The molecule has 0 saturated heterocycles. The smallest absolute Gasteiger partial charge is 0.229 e. The predicted molar refractivity (Wildman–Crippen MR) is 151 cm³/mol. The van der Waals surface area contributed by atoms with E-state index in [0.29, 0.717) is 0 Å². The van der Waals surface area contributed by atoms with E-state index in [1.807, 2.05) is 22.7 Å². The highest BCUT2D eigenvalue weighted by Crippen LogP contribution is 2.40. The lowest BCUT2D eigenvalue weighted by Crippen LogP contribution is -2.43. The molecule has 5 aromatic rings. The number of nitrogens with zero attached hydrogens (tertiary/aromatic N) is 5. The second-order valence-electron chi connectivity index (χ2n) is 10.4. The predicted octanol–water partition coefficient (Wildman–Crippen LogP) is 5.31. The SMILES string of the molecule is CN(C)CCCNc1nnc2c3cc(-c4ccccc4)c(-c4ccc(C5(N)CCC5)cc4)nc3ccn12. The van der Waals surface area contributed by atoms with Crippen LogP contribution in [0.5, 0.6) is 0 Å². The molecule has 37 heavy (non-hydrogen) atoms. The molecule has 1 aliphatic carbocycles. The Kier molecular flexibility index (Phi) is 6.10. The van der Waals surface area contributed by atoms with Crippen LogP contribution >= 0.6 is 0 Å². The fourth-order valence-corrected chi connectivity index (χ4v) is 5.18. The number of pyridine rings is 2. The molecule has 1 aliphatic rings. The fourth-order valence-electron chi connectivity index (χ4n) is 5.18. The van der Waals surface area contributed by atoms with Crippen LogP contribution in [0.25, 0.3) is 38.9 Å². The molecule has 0 spiro atoms. The van der Waals surface area contributed by atoms with Gasteiger partial charge in [-0.1, -0.05) is 54.6 Å². The molecule has 7 nitrogen and oxygen atoms in total. The third kappa shape index (κ3) is 4.45. The topological polar surface area (TPSA) is 84.4 Å². The summed E-state index contributed by atoms with van der Waals surface area (Å²) in [6.45, 7) is 1.86. The minimum atomic E-state index is -0.172. The van der Waals surface area contributed by atoms with Gasteiger partial charge in [0.15, 0.2) is 5.65 Å². The van der Waals surface area contributed by atoms with Gasteiger partial charge in [-0.25, -0.2) is 4.98 Å². The van der Waals surface area contributed by atoms with Gasteiger partial charge in [0.05, 0.1) is 11.2 Å². The normalized spacial score (nSPS) is 14.8.